The molecule has 1 aliphatic rings. The molecule has 0 spiro atoms. The van der Waals surface area contributed by atoms with Crippen molar-refractivity contribution < 1.29 is 18.4 Å². The van der Waals surface area contributed by atoms with Gasteiger partial charge in [0.1, 0.15) is 11.5 Å². The Morgan fingerprint density at radius 1 is 0.952 bits per heavy atom. The van der Waals surface area contributed by atoms with Crippen LogP contribution in [0, 0.1) is 11.8 Å². The van der Waals surface area contributed by atoms with E-state index in [9.17, 15) is 9.59 Å². The molecule has 0 radical (unpaired) electrons. The summed E-state index contributed by atoms with van der Waals surface area (Å²) < 4.78 is 10.3. The molecule has 3 rings (SSSR count). The van der Waals surface area contributed by atoms with Crippen LogP contribution in [-0.2, 0) is 22.7 Å². The smallest absolute Gasteiger partial charge is 0.224 e. The summed E-state index contributed by atoms with van der Waals surface area (Å²) in [6, 6.07) is 7.12. The minimum Gasteiger partial charge on any atom is -0.467 e. The monoisotopic (exact) mass is 288 g/mol. The lowest BCUT2D eigenvalue weighted by Crippen LogP contribution is -2.29. The van der Waals surface area contributed by atoms with E-state index in [1.165, 1.54) is 0 Å². The van der Waals surface area contributed by atoms with Gasteiger partial charge in [-0.05, 0) is 30.7 Å². The molecule has 1 saturated carbocycles. The molecule has 0 saturated heterocycles. The molecule has 6 nitrogen and oxygen atoms in total. The fourth-order valence-electron chi connectivity index (χ4n) is 2.21. The van der Waals surface area contributed by atoms with Crippen LogP contribution in [0.3, 0.4) is 0 Å². The van der Waals surface area contributed by atoms with Crippen LogP contribution in [0.25, 0.3) is 0 Å². The summed E-state index contributed by atoms with van der Waals surface area (Å²) in [5.41, 5.74) is 0. The molecule has 0 bridgehead atoms. The van der Waals surface area contributed by atoms with Crippen molar-refractivity contribution in [2.75, 3.05) is 0 Å². The second kappa shape index (κ2) is 5.87. The van der Waals surface area contributed by atoms with Gasteiger partial charge in [-0.15, -0.1) is 0 Å². The minimum atomic E-state index is -0.239. The van der Waals surface area contributed by atoms with E-state index in [1.54, 1.807) is 36.8 Å². The summed E-state index contributed by atoms with van der Waals surface area (Å²) in [4.78, 5) is 23.8. The average molecular weight is 288 g/mol. The van der Waals surface area contributed by atoms with Gasteiger partial charge in [0.15, 0.2) is 0 Å². The predicted molar refractivity (Wildman–Crippen MR) is 72.7 cm³/mol. The van der Waals surface area contributed by atoms with E-state index in [4.69, 9.17) is 8.83 Å². The molecule has 2 amide bonds. The maximum atomic E-state index is 11.9. The Labute approximate surface area is 121 Å². The molecule has 2 aromatic rings. The molecule has 6 heteroatoms. The SMILES string of the molecule is O=C(NCc1ccco1)C1CC1C(=O)NCc1ccco1. The van der Waals surface area contributed by atoms with Crippen molar-refractivity contribution in [3.8, 4) is 0 Å². The Balaban J connectivity index is 1.40. The zero-order chi connectivity index (χ0) is 14.7. The van der Waals surface area contributed by atoms with Gasteiger partial charge in [-0.1, -0.05) is 0 Å². The number of carbonyl (C=O) groups excluding carboxylic acids is 2. The van der Waals surface area contributed by atoms with E-state index < -0.39 is 0 Å². The van der Waals surface area contributed by atoms with Crippen molar-refractivity contribution in [1.82, 2.24) is 10.6 Å². The molecule has 2 heterocycles. The molecule has 0 aromatic carbocycles. The Morgan fingerprint density at radius 2 is 1.43 bits per heavy atom. The van der Waals surface area contributed by atoms with Crippen molar-refractivity contribution in [2.24, 2.45) is 11.8 Å². The van der Waals surface area contributed by atoms with Crippen molar-refractivity contribution in [2.45, 2.75) is 19.5 Å². The fourth-order valence-corrected chi connectivity index (χ4v) is 2.21. The zero-order valence-corrected chi connectivity index (χ0v) is 11.4. The Kier molecular flexibility index (Phi) is 3.77. The largest absolute Gasteiger partial charge is 0.467 e. The summed E-state index contributed by atoms with van der Waals surface area (Å²) in [7, 11) is 0. The lowest BCUT2D eigenvalue weighted by atomic mass is 10.2. The molecule has 110 valence electrons. The normalized spacial score (nSPS) is 20.0. The van der Waals surface area contributed by atoms with Gasteiger partial charge in [0.25, 0.3) is 0 Å². The van der Waals surface area contributed by atoms with Crippen LogP contribution in [0.5, 0.6) is 0 Å². The third-order valence-electron chi connectivity index (χ3n) is 3.50. The van der Waals surface area contributed by atoms with Gasteiger partial charge in [-0.3, -0.25) is 9.59 Å². The number of amides is 2. The first-order valence-electron chi connectivity index (χ1n) is 6.84. The zero-order valence-electron chi connectivity index (χ0n) is 11.4. The van der Waals surface area contributed by atoms with E-state index in [2.05, 4.69) is 10.6 Å². The van der Waals surface area contributed by atoms with E-state index in [1.807, 2.05) is 0 Å². The summed E-state index contributed by atoms with van der Waals surface area (Å²) in [5, 5.41) is 5.54. The topological polar surface area (TPSA) is 84.5 Å². The summed E-state index contributed by atoms with van der Waals surface area (Å²) >= 11 is 0. The van der Waals surface area contributed by atoms with Crippen LogP contribution in [0.2, 0.25) is 0 Å². The maximum absolute atomic E-state index is 11.9. The van der Waals surface area contributed by atoms with Gasteiger partial charge in [0.05, 0.1) is 37.5 Å². The highest BCUT2D eigenvalue weighted by molar-refractivity contribution is 5.92. The molecular formula is C15H16N2O4. The molecule has 1 fully saturated rings. The third kappa shape index (κ3) is 3.34. The number of furan rings is 2. The summed E-state index contributed by atoms with van der Waals surface area (Å²) in [6.45, 7) is 0.701. The van der Waals surface area contributed by atoms with Crippen molar-refractivity contribution >= 4 is 11.8 Å². The number of rotatable bonds is 6. The van der Waals surface area contributed by atoms with Crippen LogP contribution in [0.15, 0.2) is 45.6 Å². The van der Waals surface area contributed by atoms with E-state index >= 15 is 0 Å². The molecule has 2 aromatic heterocycles. The lowest BCUT2D eigenvalue weighted by molar-refractivity contribution is -0.127. The summed E-state index contributed by atoms with van der Waals surface area (Å²) in [5.74, 6) is 0.702. The molecule has 2 atom stereocenters. The van der Waals surface area contributed by atoms with Gasteiger partial charge in [0, 0.05) is 0 Å². The van der Waals surface area contributed by atoms with Crippen LogP contribution in [0.1, 0.15) is 17.9 Å². The van der Waals surface area contributed by atoms with E-state index in [0.717, 1.165) is 0 Å². The maximum Gasteiger partial charge on any atom is 0.224 e. The van der Waals surface area contributed by atoms with E-state index in [-0.39, 0.29) is 23.7 Å². The first-order chi connectivity index (χ1) is 10.2. The van der Waals surface area contributed by atoms with Crippen molar-refractivity contribution in [1.29, 1.82) is 0 Å². The highest BCUT2D eigenvalue weighted by Crippen LogP contribution is 2.38. The standard InChI is InChI=1S/C15H16N2O4/c18-14(16-8-10-3-1-5-20-10)12-7-13(12)15(19)17-9-11-4-2-6-21-11/h1-6,12-13H,7-9H2,(H,16,18)(H,17,19). The van der Waals surface area contributed by atoms with E-state index in [0.29, 0.717) is 31.0 Å². The van der Waals surface area contributed by atoms with Gasteiger partial charge in [0.2, 0.25) is 11.8 Å². The first kappa shape index (κ1) is 13.5. The van der Waals surface area contributed by atoms with Crippen LogP contribution in [-0.4, -0.2) is 11.8 Å². The van der Waals surface area contributed by atoms with Gasteiger partial charge in [-0.25, -0.2) is 0 Å². The average Bonchev–Trinajstić information content (AvgIpc) is 2.91. The molecule has 21 heavy (non-hydrogen) atoms. The number of carbonyl (C=O) groups is 2. The molecule has 2 N–H and O–H groups in total. The lowest BCUT2D eigenvalue weighted by Gasteiger charge is -2.04. The Bertz CT molecular complexity index is 549. The minimum absolute atomic E-state index is 0.107. The van der Waals surface area contributed by atoms with Crippen LogP contribution >= 0.6 is 0 Å². The van der Waals surface area contributed by atoms with Gasteiger partial charge in [-0.2, -0.15) is 0 Å². The van der Waals surface area contributed by atoms with Crippen molar-refractivity contribution in [3.63, 3.8) is 0 Å². The number of hydrogen-bond donors (Lipinski definition) is 2. The Hall–Kier alpha value is -2.50. The first-order valence-corrected chi connectivity index (χ1v) is 6.84. The fraction of sp³-hybridized carbons (Fsp3) is 0.333. The number of hydrogen-bond acceptors (Lipinski definition) is 4. The molecule has 1 aliphatic carbocycles. The second-order valence-corrected chi connectivity index (χ2v) is 5.04. The highest BCUT2D eigenvalue weighted by atomic mass is 16.3. The molecule has 0 aliphatic heterocycles. The van der Waals surface area contributed by atoms with Crippen LogP contribution < -0.4 is 10.6 Å². The quantitative estimate of drug-likeness (QED) is 0.842. The Morgan fingerprint density at radius 3 is 1.81 bits per heavy atom. The number of nitrogens with one attached hydrogen (secondary N) is 2. The summed E-state index contributed by atoms with van der Waals surface area (Å²) in [6.07, 6.45) is 3.71. The molecule has 2 unspecified atom stereocenters. The highest BCUT2D eigenvalue weighted by Gasteiger charge is 2.47. The third-order valence-corrected chi connectivity index (χ3v) is 3.50. The predicted octanol–water partition coefficient (Wildman–Crippen LogP) is 1.44. The second-order valence-electron chi connectivity index (χ2n) is 5.04. The van der Waals surface area contributed by atoms with Crippen LogP contribution in [0.4, 0.5) is 0 Å². The molecular weight excluding hydrogens is 272 g/mol. The van der Waals surface area contributed by atoms with Gasteiger partial charge < -0.3 is 19.5 Å². The van der Waals surface area contributed by atoms with Gasteiger partial charge >= 0.3 is 0 Å². The van der Waals surface area contributed by atoms with Crippen molar-refractivity contribution in [3.05, 3.63) is 48.3 Å².